The highest BCUT2D eigenvalue weighted by molar-refractivity contribution is 6.03. The van der Waals surface area contributed by atoms with Crippen LogP contribution in [0.25, 0.3) is 0 Å². The van der Waals surface area contributed by atoms with Crippen molar-refractivity contribution in [2.24, 2.45) is 0 Å². The van der Waals surface area contributed by atoms with Crippen molar-refractivity contribution >= 4 is 17.5 Å². The standard InChI is InChI=1S/C17H19F3N4O/c1-3-4-10-24(2)16-21-9-8-14(23-16)15(25)22-13-7-5-6-12(11-13)17(18,19)20/h5-9,11H,3-4,10H2,1-2H3,(H,22,25). The third-order valence-corrected chi connectivity index (χ3v) is 3.51. The fourth-order valence-electron chi connectivity index (χ4n) is 2.12. The van der Waals surface area contributed by atoms with E-state index >= 15 is 0 Å². The molecule has 5 nitrogen and oxygen atoms in total. The minimum Gasteiger partial charge on any atom is -0.344 e. The van der Waals surface area contributed by atoms with E-state index in [-0.39, 0.29) is 11.4 Å². The largest absolute Gasteiger partial charge is 0.416 e. The Balaban J connectivity index is 2.13. The quantitative estimate of drug-likeness (QED) is 0.854. The van der Waals surface area contributed by atoms with Gasteiger partial charge in [0.25, 0.3) is 5.91 Å². The smallest absolute Gasteiger partial charge is 0.344 e. The lowest BCUT2D eigenvalue weighted by molar-refractivity contribution is -0.137. The van der Waals surface area contributed by atoms with Crippen molar-refractivity contribution in [2.75, 3.05) is 23.8 Å². The number of anilines is 2. The minimum absolute atomic E-state index is 0.0549. The number of benzene rings is 1. The summed E-state index contributed by atoms with van der Waals surface area (Å²) < 4.78 is 38.2. The van der Waals surface area contributed by atoms with Crippen LogP contribution < -0.4 is 10.2 Å². The molecule has 1 amide bonds. The van der Waals surface area contributed by atoms with E-state index in [1.807, 2.05) is 11.9 Å². The average Bonchev–Trinajstić information content (AvgIpc) is 2.59. The molecule has 0 spiro atoms. The topological polar surface area (TPSA) is 58.1 Å². The first-order valence-corrected chi connectivity index (χ1v) is 7.84. The van der Waals surface area contributed by atoms with Crippen LogP contribution in [0.3, 0.4) is 0 Å². The number of carbonyl (C=O) groups is 1. The fraction of sp³-hybridized carbons (Fsp3) is 0.353. The number of rotatable bonds is 6. The van der Waals surface area contributed by atoms with Crippen LogP contribution in [0, 0.1) is 0 Å². The molecule has 0 atom stereocenters. The van der Waals surface area contributed by atoms with Gasteiger partial charge in [0.05, 0.1) is 5.56 Å². The van der Waals surface area contributed by atoms with E-state index < -0.39 is 17.6 Å². The van der Waals surface area contributed by atoms with Gasteiger partial charge in [-0.05, 0) is 30.7 Å². The van der Waals surface area contributed by atoms with Gasteiger partial charge in [-0.1, -0.05) is 19.4 Å². The Hall–Kier alpha value is -2.64. The lowest BCUT2D eigenvalue weighted by atomic mass is 10.2. The molecule has 0 radical (unpaired) electrons. The number of halogens is 3. The molecular weight excluding hydrogens is 333 g/mol. The lowest BCUT2D eigenvalue weighted by Crippen LogP contribution is -2.23. The minimum atomic E-state index is -4.47. The van der Waals surface area contributed by atoms with Gasteiger partial charge in [0.15, 0.2) is 0 Å². The van der Waals surface area contributed by atoms with Gasteiger partial charge in [0.2, 0.25) is 5.95 Å². The molecule has 1 heterocycles. The number of nitrogens with zero attached hydrogens (tertiary/aromatic N) is 3. The van der Waals surface area contributed by atoms with E-state index in [1.165, 1.54) is 24.4 Å². The van der Waals surface area contributed by atoms with Gasteiger partial charge in [-0.3, -0.25) is 4.79 Å². The summed E-state index contributed by atoms with van der Waals surface area (Å²) in [6.45, 7) is 2.81. The zero-order valence-electron chi connectivity index (χ0n) is 14.0. The highest BCUT2D eigenvalue weighted by Gasteiger charge is 2.30. The van der Waals surface area contributed by atoms with Gasteiger partial charge in [-0.25, -0.2) is 9.97 Å². The number of aromatic nitrogens is 2. The van der Waals surface area contributed by atoms with Gasteiger partial charge in [-0.2, -0.15) is 13.2 Å². The van der Waals surface area contributed by atoms with Gasteiger partial charge < -0.3 is 10.2 Å². The summed E-state index contributed by atoms with van der Waals surface area (Å²) in [6.07, 6.45) is -1.04. The normalized spacial score (nSPS) is 11.2. The third kappa shape index (κ3) is 5.17. The molecule has 25 heavy (non-hydrogen) atoms. The SMILES string of the molecule is CCCCN(C)c1nccc(C(=O)Nc2cccc(C(F)(F)F)c2)n1. The van der Waals surface area contributed by atoms with Gasteiger partial charge in [0.1, 0.15) is 5.69 Å². The Kier molecular flexibility index (Phi) is 5.95. The third-order valence-electron chi connectivity index (χ3n) is 3.51. The summed E-state index contributed by atoms with van der Waals surface area (Å²) in [5, 5.41) is 2.43. The first-order chi connectivity index (χ1) is 11.8. The Morgan fingerprint density at radius 3 is 2.72 bits per heavy atom. The first-order valence-electron chi connectivity index (χ1n) is 7.84. The summed E-state index contributed by atoms with van der Waals surface area (Å²) in [4.78, 5) is 22.4. The molecule has 0 aliphatic carbocycles. The summed E-state index contributed by atoms with van der Waals surface area (Å²) in [7, 11) is 1.82. The molecule has 0 bridgehead atoms. The van der Waals surface area contributed by atoms with Crippen molar-refractivity contribution in [3.63, 3.8) is 0 Å². The molecule has 1 N–H and O–H groups in total. The molecule has 1 aromatic carbocycles. The van der Waals surface area contributed by atoms with Crippen molar-refractivity contribution in [3.05, 3.63) is 47.8 Å². The van der Waals surface area contributed by atoms with Gasteiger partial charge in [0, 0.05) is 25.5 Å². The second kappa shape index (κ2) is 7.96. The van der Waals surface area contributed by atoms with Crippen LogP contribution in [0.2, 0.25) is 0 Å². The maximum absolute atomic E-state index is 12.7. The summed E-state index contributed by atoms with van der Waals surface area (Å²) in [5.41, 5.74) is -0.682. The van der Waals surface area contributed by atoms with Crippen LogP contribution in [0.1, 0.15) is 35.8 Å². The zero-order valence-corrected chi connectivity index (χ0v) is 14.0. The molecule has 134 valence electrons. The maximum Gasteiger partial charge on any atom is 0.416 e. The number of carbonyl (C=O) groups excluding carboxylic acids is 1. The molecule has 0 unspecified atom stereocenters. The molecule has 0 fully saturated rings. The predicted octanol–water partition coefficient (Wildman–Crippen LogP) is 3.98. The predicted molar refractivity (Wildman–Crippen MR) is 89.6 cm³/mol. The number of hydrogen-bond acceptors (Lipinski definition) is 4. The van der Waals surface area contributed by atoms with Crippen molar-refractivity contribution in [3.8, 4) is 0 Å². The summed E-state index contributed by atoms with van der Waals surface area (Å²) in [5.74, 6) is -0.197. The van der Waals surface area contributed by atoms with Crippen LogP contribution in [0.4, 0.5) is 24.8 Å². The van der Waals surface area contributed by atoms with Gasteiger partial charge >= 0.3 is 6.18 Å². The highest BCUT2D eigenvalue weighted by atomic mass is 19.4. The van der Waals surface area contributed by atoms with Crippen LogP contribution in [-0.4, -0.2) is 29.5 Å². The molecular formula is C17H19F3N4O. The zero-order chi connectivity index (χ0) is 18.4. The summed E-state index contributed by atoms with van der Waals surface area (Å²) in [6, 6.07) is 5.87. The maximum atomic E-state index is 12.7. The van der Waals surface area contributed by atoms with Gasteiger partial charge in [-0.15, -0.1) is 0 Å². The molecule has 1 aromatic heterocycles. The van der Waals surface area contributed by atoms with Crippen LogP contribution >= 0.6 is 0 Å². The molecule has 0 saturated carbocycles. The second-order valence-corrected chi connectivity index (χ2v) is 5.55. The monoisotopic (exact) mass is 352 g/mol. The number of alkyl halides is 3. The highest BCUT2D eigenvalue weighted by Crippen LogP contribution is 2.30. The number of hydrogen-bond donors (Lipinski definition) is 1. The van der Waals surface area contributed by atoms with Crippen LogP contribution in [0.15, 0.2) is 36.5 Å². The van der Waals surface area contributed by atoms with Crippen molar-refractivity contribution in [1.82, 2.24) is 9.97 Å². The van der Waals surface area contributed by atoms with E-state index in [0.29, 0.717) is 5.95 Å². The first kappa shape index (κ1) is 18.7. The molecule has 2 aromatic rings. The van der Waals surface area contributed by atoms with Crippen LogP contribution in [-0.2, 0) is 6.18 Å². The van der Waals surface area contributed by atoms with E-state index in [1.54, 1.807) is 0 Å². The van der Waals surface area contributed by atoms with E-state index in [2.05, 4.69) is 22.2 Å². The van der Waals surface area contributed by atoms with Crippen molar-refractivity contribution in [1.29, 1.82) is 0 Å². The average molecular weight is 352 g/mol. The Labute approximate surface area is 143 Å². The Morgan fingerprint density at radius 1 is 1.28 bits per heavy atom. The van der Waals surface area contributed by atoms with Crippen molar-refractivity contribution in [2.45, 2.75) is 25.9 Å². The molecule has 0 aliphatic heterocycles. The van der Waals surface area contributed by atoms with E-state index in [4.69, 9.17) is 0 Å². The lowest BCUT2D eigenvalue weighted by Gasteiger charge is -2.16. The van der Waals surface area contributed by atoms with E-state index in [9.17, 15) is 18.0 Å². The number of unbranched alkanes of at least 4 members (excludes halogenated alkanes) is 1. The van der Waals surface area contributed by atoms with Crippen LogP contribution in [0.5, 0.6) is 0 Å². The Morgan fingerprint density at radius 2 is 2.04 bits per heavy atom. The summed E-state index contributed by atoms with van der Waals surface area (Å²) >= 11 is 0. The number of amides is 1. The Bertz CT molecular complexity index is 734. The molecule has 0 saturated heterocycles. The second-order valence-electron chi connectivity index (χ2n) is 5.55. The number of nitrogens with one attached hydrogen (secondary N) is 1. The molecule has 0 aliphatic rings. The van der Waals surface area contributed by atoms with E-state index in [0.717, 1.165) is 31.5 Å². The van der Waals surface area contributed by atoms with Crippen molar-refractivity contribution < 1.29 is 18.0 Å². The molecule has 8 heteroatoms. The molecule has 2 rings (SSSR count). The fourth-order valence-corrected chi connectivity index (χ4v) is 2.12.